The van der Waals surface area contributed by atoms with E-state index >= 15 is 4.79 Å². The van der Waals surface area contributed by atoms with Gasteiger partial charge in [-0.1, -0.05) is 53.2 Å². The maximum absolute atomic E-state index is 15.5. The van der Waals surface area contributed by atoms with E-state index < -0.39 is 219 Å². The minimum Gasteiger partial charge on any atom is -0.432 e. The number of esters is 1. The van der Waals surface area contributed by atoms with Crippen LogP contribution >= 0.6 is 0 Å². The van der Waals surface area contributed by atoms with Gasteiger partial charge in [0.2, 0.25) is 6.29 Å². The number of ether oxygens (including phenoxy) is 10. The number of carbonyl (C=O) groups excluding carboxylic acids is 1. The molecule has 0 aromatic rings. The Hall–Kier alpha value is -1.75. The normalized spacial score (nSPS) is 56.2. The van der Waals surface area contributed by atoms with Crippen molar-refractivity contribution >= 4 is 5.97 Å². The third-order valence-electron chi connectivity index (χ3n) is 22.4. The van der Waals surface area contributed by atoms with Gasteiger partial charge >= 0.3 is 5.97 Å². The van der Waals surface area contributed by atoms with E-state index in [0.29, 0.717) is 44.9 Å². The summed E-state index contributed by atoms with van der Waals surface area (Å²) in [5, 5.41) is 166. The third-order valence-corrected chi connectivity index (χ3v) is 22.4. The lowest BCUT2D eigenvalue weighted by Crippen LogP contribution is -2.71. The molecular formula is C57H92O26. The standard InChI is InChI=1S/C57H92O26/c1-23-38(79-45-35(67)32(64)29(62)18-74-45)34(66)36(68)46(77-23)80-39-24(2)78-47(37(69)40(39)81-49-44(71)57(73,21-59)22-76-49)82-41-33(65)30(63)19-75-48(41)83-50(72)56-13-11-51(3,4)15-26(56)25-9-10-31-52(5)16-28(61)43(70)53(6,20-58)42(52)27(60)17-55(31,8)54(25,7)12-14-56/h9,23-24,26-49,58-71,73H,10-22H2,1-8H3/t23-,24-,26-,27+,28-,29+,30-,31+,32-,33-,34-,35+,36+,37+,38-,39-,40-,41+,42+,43-,44-,45-,46-,47-,48-,49-,52+,53-,54+,55+,56-,57+/m0/s1. The molecular weight excluding hydrogens is 1100 g/mol. The summed E-state index contributed by atoms with van der Waals surface area (Å²) in [6, 6.07) is 0. The quantitative estimate of drug-likeness (QED) is 0.0671. The lowest BCUT2D eigenvalue weighted by atomic mass is 9.33. The average Bonchev–Trinajstić information content (AvgIpc) is 1.02. The molecule has 10 aliphatic rings. The number of hydrogen-bond donors (Lipinski definition) is 15. The van der Waals surface area contributed by atoms with Crippen LogP contribution in [0.3, 0.4) is 0 Å². The molecule has 0 bridgehead atoms. The van der Waals surface area contributed by atoms with Crippen molar-refractivity contribution < 1.29 is 129 Å². The molecule has 5 heterocycles. The molecule has 5 aliphatic heterocycles. The molecule has 26 nitrogen and oxygen atoms in total. The van der Waals surface area contributed by atoms with Gasteiger partial charge in [0.1, 0.15) is 78.8 Å². The Morgan fingerprint density at radius 3 is 1.80 bits per heavy atom. The average molecular weight is 1190 g/mol. The maximum atomic E-state index is 15.5. The van der Waals surface area contributed by atoms with Crippen molar-refractivity contribution in [2.45, 2.75) is 254 Å². The van der Waals surface area contributed by atoms with Crippen LogP contribution in [-0.2, 0) is 52.2 Å². The highest BCUT2D eigenvalue weighted by Crippen LogP contribution is 2.76. The molecule has 0 spiro atoms. The summed E-state index contributed by atoms with van der Waals surface area (Å²) < 4.78 is 59.9. The van der Waals surface area contributed by atoms with E-state index in [1.807, 2.05) is 0 Å². The van der Waals surface area contributed by atoms with E-state index in [2.05, 4.69) is 40.7 Å². The molecule has 476 valence electrons. The Bertz CT molecular complexity index is 2350. The van der Waals surface area contributed by atoms with Crippen LogP contribution in [0.4, 0.5) is 0 Å². The van der Waals surface area contributed by atoms with E-state index in [9.17, 15) is 76.6 Å². The van der Waals surface area contributed by atoms with Crippen LogP contribution in [0.1, 0.15) is 107 Å². The van der Waals surface area contributed by atoms with Gasteiger partial charge in [-0.3, -0.25) is 4.79 Å². The topological polar surface area (TPSA) is 413 Å². The maximum Gasteiger partial charge on any atom is 0.315 e. The molecule has 15 N–H and O–H groups in total. The minimum atomic E-state index is -2.21. The fraction of sp³-hybridized carbons (Fsp3) is 0.947. The molecule has 0 aromatic heterocycles. The molecule has 5 saturated heterocycles. The monoisotopic (exact) mass is 1190 g/mol. The Morgan fingerprint density at radius 1 is 0.566 bits per heavy atom. The summed E-state index contributed by atoms with van der Waals surface area (Å²) >= 11 is 0. The van der Waals surface area contributed by atoms with E-state index in [1.165, 1.54) is 13.8 Å². The van der Waals surface area contributed by atoms with Crippen LogP contribution in [0, 0.1) is 50.2 Å². The zero-order valence-electron chi connectivity index (χ0n) is 48.5. The molecule has 10 rings (SSSR count). The summed E-state index contributed by atoms with van der Waals surface area (Å²) in [6.07, 6.45) is -30.8. The number of hydrogen-bond acceptors (Lipinski definition) is 26. The first-order chi connectivity index (χ1) is 38.8. The smallest absolute Gasteiger partial charge is 0.315 e. The first kappa shape index (κ1) is 64.2. The second-order valence-electron chi connectivity index (χ2n) is 28.0. The van der Waals surface area contributed by atoms with Crippen molar-refractivity contribution in [1.29, 1.82) is 0 Å². The summed E-state index contributed by atoms with van der Waals surface area (Å²) in [6.45, 7) is 12.5. The lowest BCUT2D eigenvalue weighted by molar-refractivity contribution is -0.390. The van der Waals surface area contributed by atoms with Gasteiger partial charge in [-0.15, -0.1) is 0 Å². The Labute approximate surface area is 482 Å². The van der Waals surface area contributed by atoms with Gasteiger partial charge in [-0.05, 0) is 98.7 Å². The van der Waals surface area contributed by atoms with Gasteiger partial charge < -0.3 is 124 Å². The van der Waals surface area contributed by atoms with E-state index in [1.54, 1.807) is 6.92 Å². The fourth-order valence-electron chi connectivity index (χ4n) is 17.3. The highest BCUT2D eigenvalue weighted by molar-refractivity contribution is 5.79. The van der Waals surface area contributed by atoms with Crippen molar-refractivity contribution in [3.8, 4) is 0 Å². The molecule has 26 heteroatoms. The van der Waals surface area contributed by atoms with Crippen LogP contribution in [0.2, 0.25) is 0 Å². The van der Waals surface area contributed by atoms with Crippen LogP contribution in [0.25, 0.3) is 0 Å². The Kier molecular flexibility index (Phi) is 17.7. The summed E-state index contributed by atoms with van der Waals surface area (Å²) in [5.74, 6) is -1.61. The van der Waals surface area contributed by atoms with Gasteiger partial charge in [0.05, 0.1) is 69.0 Å². The third kappa shape index (κ3) is 10.4. The molecule has 0 radical (unpaired) electrons. The summed E-state index contributed by atoms with van der Waals surface area (Å²) in [7, 11) is 0. The zero-order valence-corrected chi connectivity index (χ0v) is 48.5. The van der Waals surface area contributed by atoms with Crippen molar-refractivity contribution in [2.75, 3.05) is 33.0 Å². The summed E-state index contributed by atoms with van der Waals surface area (Å²) in [5.41, 5.74) is -5.49. The first-order valence-corrected chi connectivity index (χ1v) is 29.6. The van der Waals surface area contributed by atoms with E-state index in [-0.39, 0.29) is 23.7 Å². The predicted molar refractivity (Wildman–Crippen MR) is 279 cm³/mol. The fourth-order valence-corrected chi connectivity index (χ4v) is 17.3. The highest BCUT2D eigenvalue weighted by Gasteiger charge is 2.73. The van der Waals surface area contributed by atoms with E-state index in [0.717, 1.165) is 5.57 Å². The van der Waals surface area contributed by atoms with Gasteiger partial charge in [0.25, 0.3) is 0 Å². The molecule has 83 heavy (non-hydrogen) atoms. The highest BCUT2D eigenvalue weighted by atomic mass is 16.8. The van der Waals surface area contributed by atoms with Gasteiger partial charge in [-0.25, -0.2) is 0 Å². The largest absolute Gasteiger partial charge is 0.432 e. The summed E-state index contributed by atoms with van der Waals surface area (Å²) in [4.78, 5) is 15.5. The molecule has 5 aliphatic carbocycles. The first-order valence-electron chi connectivity index (χ1n) is 29.6. The Balaban J connectivity index is 0.897. The molecule has 4 saturated carbocycles. The van der Waals surface area contributed by atoms with Crippen molar-refractivity contribution in [2.24, 2.45) is 50.2 Å². The SMILES string of the molecule is C[C@@H]1O[C@@H](O[C@@H]2[C@@H](O[C@@H]3OC[C@](O)(CO)[C@H]3O)[C@@H](O)[C@H](O[C@H]3[C@H](OC(=O)[C@]45CCC(C)(C)C[C@H]4C4=CC[C@@H]6[C@@]7(C)C[C@H](O)[C@H](O)[C@@](C)(CO)[C@@H]7[C@H](O)C[C@@]6(C)[C@]4(C)CC5)OC[C@H](O)[C@@H]3O)O[C@H]2C)[C@H](O)[C@H](O)[C@H]1O[C@@H]1OC[C@@H](O)[C@H](O)[C@H]1O. The lowest BCUT2D eigenvalue weighted by Gasteiger charge is -2.72. The van der Waals surface area contributed by atoms with Crippen molar-refractivity contribution in [3.05, 3.63) is 11.6 Å². The van der Waals surface area contributed by atoms with Crippen molar-refractivity contribution in [3.63, 3.8) is 0 Å². The number of carbonyl (C=O) groups is 1. The molecule has 9 fully saturated rings. The minimum absolute atomic E-state index is 0.0842. The molecule has 0 unspecified atom stereocenters. The zero-order chi connectivity index (χ0) is 60.6. The Morgan fingerprint density at radius 2 is 1.14 bits per heavy atom. The van der Waals surface area contributed by atoms with Crippen molar-refractivity contribution in [1.82, 2.24) is 0 Å². The van der Waals surface area contributed by atoms with Crippen LogP contribution in [0.5, 0.6) is 0 Å². The number of fused-ring (bicyclic) bond motifs is 7. The molecule has 32 atom stereocenters. The number of rotatable bonds is 12. The second-order valence-corrected chi connectivity index (χ2v) is 28.0. The van der Waals surface area contributed by atoms with Crippen LogP contribution < -0.4 is 0 Å². The second kappa shape index (κ2) is 22.9. The van der Waals surface area contributed by atoms with Gasteiger partial charge in [-0.2, -0.15) is 0 Å². The van der Waals surface area contributed by atoms with Gasteiger partial charge in [0, 0.05) is 11.3 Å². The van der Waals surface area contributed by atoms with Crippen LogP contribution in [-0.4, -0.2) is 263 Å². The number of aliphatic hydroxyl groups excluding tert-OH is 14. The van der Waals surface area contributed by atoms with E-state index in [4.69, 9.17) is 47.4 Å². The number of aliphatic hydroxyl groups is 15. The predicted octanol–water partition coefficient (Wildman–Crippen LogP) is -3.32. The van der Waals surface area contributed by atoms with Crippen LogP contribution in [0.15, 0.2) is 11.6 Å². The molecule has 0 aromatic carbocycles. The van der Waals surface area contributed by atoms with Gasteiger partial charge in [0.15, 0.2) is 31.3 Å². The number of allylic oxidation sites excluding steroid dienone is 2. The molecule has 0 amide bonds.